The summed E-state index contributed by atoms with van der Waals surface area (Å²) < 4.78 is 5.55. The number of rotatable bonds is 6. The second-order valence-corrected chi connectivity index (χ2v) is 7.17. The van der Waals surface area contributed by atoms with Crippen LogP contribution in [0.25, 0.3) is 0 Å². The van der Waals surface area contributed by atoms with Crippen LogP contribution in [0, 0.1) is 19.8 Å². The van der Waals surface area contributed by atoms with Gasteiger partial charge in [0.15, 0.2) is 6.61 Å². The van der Waals surface area contributed by atoms with E-state index in [1.807, 2.05) is 32.0 Å². The van der Waals surface area contributed by atoms with Crippen molar-refractivity contribution < 1.29 is 19.1 Å². The van der Waals surface area contributed by atoms with Crippen LogP contribution in [0.1, 0.15) is 17.5 Å². The van der Waals surface area contributed by atoms with Gasteiger partial charge in [0.1, 0.15) is 5.75 Å². The van der Waals surface area contributed by atoms with E-state index in [2.05, 4.69) is 10.6 Å². The molecular formula is C22H25N3O4. The summed E-state index contributed by atoms with van der Waals surface area (Å²) in [5, 5.41) is 5.42. The van der Waals surface area contributed by atoms with Crippen LogP contribution in [0.2, 0.25) is 0 Å². The molecule has 0 bridgehead atoms. The van der Waals surface area contributed by atoms with E-state index in [0.717, 1.165) is 16.8 Å². The van der Waals surface area contributed by atoms with E-state index in [1.54, 1.807) is 36.2 Å². The molecule has 1 aliphatic heterocycles. The summed E-state index contributed by atoms with van der Waals surface area (Å²) in [5.74, 6) is -0.267. The molecule has 3 rings (SSSR count). The Hall–Kier alpha value is -3.35. The highest BCUT2D eigenvalue weighted by Gasteiger charge is 2.34. The molecule has 3 amide bonds. The lowest BCUT2D eigenvalue weighted by Gasteiger charge is -2.17. The molecule has 0 saturated carbocycles. The minimum absolute atomic E-state index is 0.0832. The predicted molar refractivity (Wildman–Crippen MR) is 111 cm³/mol. The largest absolute Gasteiger partial charge is 0.484 e. The highest BCUT2D eigenvalue weighted by molar-refractivity contribution is 6.00. The Morgan fingerprint density at radius 2 is 1.86 bits per heavy atom. The van der Waals surface area contributed by atoms with Gasteiger partial charge in [-0.25, -0.2) is 0 Å². The quantitative estimate of drug-likeness (QED) is 0.786. The van der Waals surface area contributed by atoms with Gasteiger partial charge >= 0.3 is 0 Å². The number of nitrogens with one attached hydrogen (secondary N) is 2. The SMILES string of the molecule is CNC(=O)[C@@H]1CC(=O)N(c2ccc(OCC(=O)Nc3ccc(C)cc3C)cc2)C1. The Kier molecular flexibility index (Phi) is 6.16. The smallest absolute Gasteiger partial charge is 0.262 e. The minimum Gasteiger partial charge on any atom is -0.484 e. The predicted octanol–water partition coefficient (Wildman–Crippen LogP) is 2.42. The Bertz CT molecular complexity index is 924. The number of hydrogen-bond donors (Lipinski definition) is 2. The van der Waals surface area contributed by atoms with Gasteiger partial charge in [0.25, 0.3) is 5.91 Å². The number of hydrogen-bond acceptors (Lipinski definition) is 4. The molecule has 0 unspecified atom stereocenters. The summed E-state index contributed by atoms with van der Waals surface area (Å²) in [4.78, 5) is 37.7. The fraction of sp³-hybridized carbons (Fsp3) is 0.318. The lowest BCUT2D eigenvalue weighted by molar-refractivity contribution is -0.125. The number of benzene rings is 2. The van der Waals surface area contributed by atoms with Gasteiger partial charge in [-0.05, 0) is 49.7 Å². The molecule has 1 atom stereocenters. The van der Waals surface area contributed by atoms with Gasteiger partial charge in [0.2, 0.25) is 11.8 Å². The summed E-state index contributed by atoms with van der Waals surface area (Å²) in [6.07, 6.45) is 0.205. The molecule has 2 aromatic carbocycles. The third kappa shape index (κ3) is 4.93. The third-order valence-corrected chi connectivity index (χ3v) is 4.92. The van der Waals surface area contributed by atoms with Gasteiger partial charge < -0.3 is 20.3 Å². The first-order chi connectivity index (χ1) is 13.9. The molecule has 1 aliphatic rings. The van der Waals surface area contributed by atoms with Crippen molar-refractivity contribution in [2.75, 3.05) is 30.4 Å². The fourth-order valence-electron chi connectivity index (χ4n) is 3.35. The van der Waals surface area contributed by atoms with Gasteiger partial charge in [-0.3, -0.25) is 14.4 Å². The maximum atomic E-state index is 12.2. The van der Waals surface area contributed by atoms with Crippen LogP contribution in [-0.2, 0) is 14.4 Å². The monoisotopic (exact) mass is 395 g/mol. The van der Waals surface area contributed by atoms with Crippen molar-refractivity contribution in [1.82, 2.24) is 5.32 Å². The van der Waals surface area contributed by atoms with Crippen LogP contribution in [0.15, 0.2) is 42.5 Å². The number of anilines is 2. The molecule has 1 fully saturated rings. The molecule has 2 N–H and O–H groups in total. The van der Waals surface area contributed by atoms with Crippen molar-refractivity contribution >= 4 is 29.1 Å². The van der Waals surface area contributed by atoms with Crippen LogP contribution in [0.3, 0.4) is 0 Å². The van der Waals surface area contributed by atoms with Crippen LogP contribution in [0.5, 0.6) is 5.75 Å². The van der Waals surface area contributed by atoms with Crippen LogP contribution < -0.4 is 20.3 Å². The second-order valence-electron chi connectivity index (χ2n) is 7.17. The van der Waals surface area contributed by atoms with Crippen LogP contribution >= 0.6 is 0 Å². The first kappa shape index (κ1) is 20.4. The van der Waals surface area contributed by atoms with Crippen molar-refractivity contribution in [3.05, 3.63) is 53.6 Å². The van der Waals surface area contributed by atoms with E-state index >= 15 is 0 Å². The van der Waals surface area contributed by atoms with E-state index in [4.69, 9.17) is 4.74 Å². The molecule has 0 aromatic heterocycles. The first-order valence-corrected chi connectivity index (χ1v) is 9.49. The Balaban J connectivity index is 1.55. The molecule has 1 saturated heterocycles. The zero-order chi connectivity index (χ0) is 21.0. The van der Waals surface area contributed by atoms with Gasteiger partial charge in [0.05, 0.1) is 5.92 Å². The van der Waals surface area contributed by atoms with E-state index in [-0.39, 0.29) is 36.7 Å². The zero-order valence-electron chi connectivity index (χ0n) is 16.8. The summed E-state index contributed by atoms with van der Waals surface area (Å²) in [5.41, 5.74) is 3.59. The maximum Gasteiger partial charge on any atom is 0.262 e. The summed E-state index contributed by atoms with van der Waals surface area (Å²) >= 11 is 0. The Labute approximate surface area is 170 Å². The molecule has 1 heterocycles. The Morgan fingerprint density at radius 1 is 1.14 bits per heavy atom. The standard InChI is InChI=1S/C22H25N3O4/c1-14-4-9-19(15(2)10-14)24-20(26)13-29-18-7-5-17(6-8-18)25-12-16(11-21(25)27)22(28)23-3/h4-10,16H,11-13H2,1-3H3,(H,23,28)(H,24,26)/t16-/m1/s1. The normalized spacial score (nSPS) is 15.9. The molecule has 2 aromatic rings. The number of ether oxygens (including phenoxy) is 1. The average Bonchev–Trinajstić information content (AvgIpc) is 3.10. The maximum absolute atomic E-state index is 12.2. The number of carbonyl (C=O) groups excluding carboxylic acids is 3. The fourth-order valence-corrected chi connectivity index (χ4v) is 3.35. The average molecular weight is 395 g/mol. The lowest BCUT2D eigenvalue weighted by Crippen LogP contribution is -2.30. The lowest BCUT2D eigenvalue weighted by atomic mass is 10.1. The van der Waals surface area contributed by atoms with Gasteiger partial charge in [-0.15, -0.1) is 0 Å². The number of carbonyl (C=O) groups is 3. The van der Waals surface area contributed by atoms with Gasteiger partial charge in [0, 0.05) is 31.4 Å². The van der Waals surface area contributed by atoms with Crippen molar-refractivity contribution in [3.8, 4) is 5.75 Å². The minimum atomic E-state index is -0.336. The van der Waals surface area contributed by atoms with Crippen LogP contribution in [0.4, 0.5) is 11.4 Å². The molecule has 0 spiro atoms. The molecule has 0 aliphatic carbocycles. The summed E-state index contributed by atoms with van der Waals surface area (Å²) in [7, 11) is 1.57. The topological polar surface area (TPSA) is 87.7 Å². The van der Waals surface area contributed by atoms with E-state index in [1.165, 1.54) is 0 Å². The Morgan fingerprint density at radius 3 is 2.52 bits per heavy atom. The molecule has 152 valence electrons. The summed E-state index contributed by atoms with van der Waals surface area (Å²) in [6, 6.07) is 12.7. The molecule has 0 radical (unpaired) electrons. The van der Waals surface area contributed by atoms with E-state index in [0.29, 0.717) is 18.0 Å². The number of aryl methyl sites for hydroxylation is 2. The van der Waals surface area contributed by atoms with Crippen LogP contribution in [-0.4, -0.2) is 37.9 Å². The molecule has 29 heavy (non-hydrogen) atoms. The van der Waals surface area contributed by atoms with E-state index in [9.17, 15) is 14.4 Å². The zero-order valence-corrected chi connectivity index (χ0v) is 16.8. The third-order valence-electron chi connectivity index (χ3n) is 4.92. The van der Waals surface area contributed by atoms with Crippen molar-refractivity contribution in [3.63, 3.8) is 0 Å². The van der Waals surface area contributed by atoms with Gasteiger partial charge in [-0.1, -0.05) is 17.7 Å². The van der Waals surface area contributed by atoms with Crippen molar-refractivity contribution in [1.29, 1.82) is 0 Å². The van der Waals surface area contributed by atoms with Gasteiger partial charge in [-0.2, -0.15) is 0 Å². The molecule has 7 nitrogen and oxygen atoms in total. The molecule has 7 heteroatoms. The number of nitrogens with zero attached hydrogens (tertiary/aromatic N) is 1. The second kappa shape index (κ2) is 8.77. The highest BCUT2D eigenvalue weighted by Crippen LogP contribution is 2.27. The van der Waals surface area contributed by atoms with Crippen molar-refractivity contribution in [2.24, 2.45) is 5.92 Å². The first-order valence-electron chi connectivity index (χ1n) is 9.49. The van der Waals surface area contributed by atoms with E-state index < -0.39 is 0 Å². The summed E-state index contributed by atoms with van der Waals surface area (Å²) in [6.45, 7) is 4.18. The number of amides is 3. The highest BCUT2D eigenvalue weighted by atomic mass is 16.5. The molecular weight excluding hydrogens is 370 g/mol. The van der Waals surface area contributed by atoms with Crippen molar-refractivity contribution in [2.45, 2.75) is 20.3 Å².